The average Bonchev–Trinajstić information content (AvgIpc) is 2.96. The van der Waals surface area contributed by atoms with Crippen molar-refractivity contribution in [1.29, 1.82) is 0 Å². The van der Waals surface area contributed by atoms with Crippen LogP contribution < -0.4 is 0 Å². The van der Waals surface area contributed by atoms with E-state index >= 15 is 0 Å². The Kier molecular flexibility index (Phi) is 2.97. The van der Waals surface area contributed by atoms with E-state index in [2.05, 4.69) is 4.98 Å². The van der Waals surface area contributed by atoms with Crippen LogP contribution in [0, 0.1) is 5.41 Å². The Morgan fingerprint density at radius 2 is 2.33 bits per heavy atom. The second-order valence-corrected chi connectivity index (χ2v) is 8.28. The van der Waals surface area contributed by atoms with Crippen LogP contribution in [-0.4, -0.2) is 44.0 Å². The zero-order valence-electron chi connectivity index (χ0n) is 10.3. The van der Waals surface area contributed by atoms with Gasteiger partial charge < -0.3 is 4.74 Å². The van der Waals surface area contributed by atoms with Crippen LogP contribution in [0.5, 0.6) is 0 Å². The summed E-state index contributed by atoms with van der Waals surface area (Å²) in [6.45, 7) is 4.61. The highest BCUT2D eigenvalue weighted by atomic mass is 32.2. The molecule has 1 aromatic rings. The molecule has 2 aliphatic rings. The number of rotatable bonds is 3. The molecule has 2 aliphatic heterocycles. The van der Waals surface area contributed by atoms with Gasteiger partial charge >= 0.3 is 0 Å². The predicted octanol–water partition coefficient (Wildman–Crippen LogP) is 1.12. The monoisotopic (exact) mass is 288 g/mol. The van der Waals surface area contributed by atoms with Gasteiger partial charge in [0, 0.05) is 25.1 Å². The van der Waals surface area contributed by atoms with E-state index in [1.54, 1.807) is 4.31 Å². The van der Waals surface area contributed by atoms with Gasteiger partial charge in [-0.1, -0.05) is 6.92 Å². The minimum atomic E-state index is -3.32. The van der Waals surface area contributed by atoms with E-state index < -0.39 is 10.0 Å². The van der Waals surface area contributed by atoms with Gasteiger partial charge in [0.15, 0.2) is 4.21 Å². The molecule has 0 saturated carbocycles. The Morgan fingerprint density at radius 3 is 2.89 bits per heavy atom. The first kappa shape index (κ1) is 12.5. The zero-order chi connectivity index (χ0) is 12.8. The van der Waals surface area contributed by atoms with Crippen molar-refractivity contribution in [3.63, 3.8) is 0 Å². The topological polar surface area (TPSA) is 59.5 Å². The number of thiazole rings is 1. The lowest BCUT2D eigenvalue weighted by Crippen LogP contribution is -2.58. The second kappa shape index (κ2) is 4.26. The highest BCUT2D eigenvalue weighted by Crippen LogP contribution is 2.41. The van der Waals surface area contributed by atoms with Gasteiger partial charge in [-0.3, -0.25) is 0 Å². The van der Waals surface area contributed by atoms with Crippen molar-refractivity contribution >= 4 is 21.4 Å². The Balaban J connectivity index is 1.76. The largest absolute Gasteiger partial charge is 0.381 e. The van der Waals surface area contributed by atoms with Crippen molar-refractivity contribution in [1.82, 2.24) is 9.29 Å². The van der Waals surface area contributed by atoms with Crippen LogP contribution in [0.2, 0.25) is 0 Å². The Labute approximate surface area is 111 Å². The fraction of sp³-hybridized carbons (Fsp3) is 0.727. The summed E-state index contributed by atoms with van der Waals surface area (Å²) in [5.74, 6) is 0. The summed E-state index contributed by atoms with van der Waals surface area (Å²) < 4.78 is 32.0. The molecule has 0 aliphatic carbocycles. The van der Waals surface area contributed by atoms with E-state index in [0.29, 0.717) is 23.9 Å². The van der Waals surface area contributed by atoms with E-state index in [1.807, 2.05) is 6.92 Å². The number of hydrogen-bond donors (Lipinski definition) is 0. The number of aromatic nitrogens is 1. The van der Waals surface area contributed by atoms with Crippen molar-refractivity contribution in [2.45, 2.75) is 24.0 Å². The van der Waals surface area contributed by atoms with E-state index in [4.69, 9.17) is 4.74 Å². The molecule has 3 heterocycles. The molecule has 0 bridgehead atoms. The first-order chi connectivity index (χ1) is 8.56. The van der Waals surface area contributed by atoms with Gasteiger partial charge in [0.25, 0.3) is 10.0 Å². The molecule has 0 radical (unpaired) electrons. The van der Waals surface area contributed by atoms with Gasteiger partial charge in [0.05, 0.1) is 17.8 Å². The Bertz CT molecular complexity index is 538. The van der Waals surface area contributed by atoms with Crippen LogP contribution in [0.4, 0.5) is 0 Å². The summed E-state index contributed by atoms with van der Waals surface area (Å²) in [6, 6.07) is 0. The minimum Gasteiger partial charge on any atom is -0.381 e. The van der Waals surface area contributed by atoms with Gasteiger partial charge in [-0.25, -0.2) is 13.4 Å². The van der Waals surface area contributed by atoms with Crippen LogP contribution in [0.15, 0.2) is 10.4 Å². The standard InChI is InChI=1S/C11H16N2O3S2/c1-2-9-12-5-10(17-9)18(14,15)13-6-11(7-13)3-4-16-8-11/h5H,2-4,6-8H2,1H3. The lowest BCUT2D eigenvalue weighted by Gasteiger charge is -2.45. The van der Waals surface area contributed by atoms with Gasteiger partial charge in [-0.05, 0) is 12.8 Å². The van der Waals surface area contributed by atoms with E-state index in [0.717, 1.165) is 24.5 Å². The predicted molar refractivity (Wildman–Crippen MR) is 68.1 cm³/mol. The van der Waals surface area contributed by atoms with Crippen molar-refractivity contribution in [3.05, 3.63) is 11.2 Å². The van der Waals surface area contributed by atoms with Crippen LogP contribution in [-0.2, 0) is 21.2 Å². The molecule has 0 aromatic carbocycles. The quantitative estimate of drug-likeness (QED) is 0.836. The third-order valence-electron chi connectivity index (χ3n) is 3.64. The SMILES string of the molecule is CCc1ncc(S(=O)(=O)N2CC3(CCOC3)C2)s1. The molecule has 18 heavy (non-hydrogen) atoms. The summed E-state index contributed by atoms with van der Waals surface area (Å²) in [5, 5.41) is 0.869. The maximum absolute atomic E-state index is 12.3. The van der Waals surface area contributed by atoms with Gasteiger partial charge in [0.1, 0.15) is 0 Å². The van der Waals surface area contributed by atoms with Crippen molar-refractivity contribution < 1.29 is 13.2 Å². The van der Waals surface area contributed by atoms with Crippen molar-refractivity contribution in [3.8, 4) is 0 Å². The maximum atomic E-state index is 12.3. The Hall–Kier alpha value is -0.500. The fourth-order valence-corrected chi connectivity index (χ4v) is 5.42. The summed E-state index contributed by atoms with van der Waals surface area (Å²) >= 11 is 1.28. The molecule has 0 atom stereocenters. The molecule has 1 aromatic heterocycles. The average molecular weight is 288 g/mol. The van der Waals surface area contributed by atoms with E-state index in [-0.39, 0.29) is 5.41 Å². The third-order valence-corrected chi connectivity index (χ3v) is 7.01. The lowest BCUT2D eigenvalue weighted by atomic mass is 9.81. The highest BCUT2D eigenvalue weighted by Gasteiger charge is 2.50. The molecular formula is C11H16N2O3S2. The first-order valence-corrected chi connectivity index (χ1v) is 8.34. The number of aryl methyl sites for hydroxylation is 1. The third kappa shape index (κ3) is 1.89. The number of hydrogen-bond acceptors (Lipinski definition) is 5. The van der Waals surface area contributed by atoms with Gasteiger partial charge in [0.2, 0.25) is 0 Å². The van der Waals surface area contributed by atoms with Crippen molar-refractivity contribution in [2.75, 3.05) is 26.3 Å². The van der Waals surface area contributed by atoms with Gasteiger partial charge in [-0.15, -0.1) is 11.3 Å². The van der Waals surface area contributed by atoms with E-state index in [9.17, 15) is 8.42 Å². The normalized spacial score (nSPS) is 23.4. The van der Waals surface area contributed by atoms with Crippen LogP contribution in [0.1, 0.15) is 18.4 Å². The number of ether oxygens (including phenoxy) is 1. The van der Waals surface area contributed by atoms with Crippen molar-refractivity contribution in [2.24, 2.45) is 5.41 Å². The summed E-state index contributed by atoms with van der Waals surface area (Å²) in [4.78, 5) is 4.12. The Morgan fingerprint density at radius 1 is 1.56 bits per heavy atom. The zero-order valence-corrected chi connectivity index (χ0v) is 11.9. The highest BCUT2D eigenvalue weighted by molar-refractivity contribution is 7.91. The molecule has 5 nitrogen and oxygen atoms in total. The molecular weight excluding hydrogens is 272 g/mol. The van der Waals surface area contributed by atoms with E-state index in [1.165, 1.54) is 17.5 Å². The van der Waals surface area contributed by atoms with Crippen LogP contribution >= 0.6 is 11.3 Å². The molecule has 2 saturated heterocycles. The second-order valence-electron chi connectivity index (χ2n) is 5.00. The summed E-state index contributed by atoms with van der Waals surface area (Å²) in [5.41, 5.74) is 0.0886. The fourth-order valence-electron chi connectivity index (χ4n) is 2.47. The molecule has 7 heteroatoms. The molecule has 3 rings (SSSR count). The maximum Gasteiger partial charge on any atom is 0.254 e. The number of nitrogens with zero attached hydrogens (tertiary/aromatic N) is 2. The van der Waals surface area contributed by atoms with Crippen LogP contribution in [0.3, 0.4) is 0 Å². The molecule has 0 amide bonds. The minimum absolute atomic E-state index is 0.0886. The summed E-state index contributed by atoms with van der Waals surface area (Å²) in [6.07, 6.45) is 3.23. The molecule has 100 valence electrons. The summed E-state index contributed by atoms with van der Waals surface area (Å²) in [7, 11) is -3.32. The van der Waals surface area contributed by atoms with Gasteiger partial charge in [-0.2, -0.15) is 4.31 Å². The number of sulfonamides is 1. The molecule has 2 fully saturated rings. The molecule has 1 spiro atoms. The lowest BCUT2D eigenvalue weighted by molar-refractivity contribution is 0.0513. The smallest absolute Gasteiger partial charge is 0.254 e. The molecule has 0 N–H and O–H groups in total. The first-order valence-electron chi connectivity index (χ1n) is 6.08. The molecule has 0 unspecified atom stereocenters. The van der Waals surface area contributed by atoms with Crippen LogP contribution in [0.25, 0.3) is 0 Å².